The molecule has 114 valence electrons. The Kier molecular flexibility index (Phi) is 4.52. The van der Waals surface area contributed by atoms with Crippen LogP contribution in [-0.4, -0.2) is 49.3 Å². The molecule has 7 nitrogen and oxygen atoms in total. The van der Waals surface area contributed by atoms with E-state index in [0.29, 0.717) is 30.2 Å². The molecule has 1 fully saturated rings. The van der Waals surface area contributed by atoms with E-state index in [1.807, 2.05) is 0 Å². The third-order valence-electron chi connectivity index (χ3n) is 3.46. The molecule has 21 heavy (non-hydrogen) atoms. The number of ether oxygens (including phenoxy) is 2. The minimum absolute atomic E-state index is 0.231. The van der Waals surface area contributed by atoms with E-state index < -0.39 is 11.9 Å². The molecule has 0 spiro atoms. The number of likely N-dealkylation sites (tertiary alicyclic amines) is 1. The highest BCUT2D eigenvalue weighted by Gasteiger charge is 2.30. The van der Waals surface area contributed by atoms with Gasteiger partial charge in [0.25, 0.3) is 0 Å². The van der Waals surface area contributed by atoms with Crippen LogP contribution in [0, 0.1) is 5.92 Å². The van der Waals surface area contributed by atoms with Crippen molar-refractivity contribution in [3.8, 4) is 11.5 Å². The fourth-order valence-corrected chi connectivity index (χ4v) is 2.26. The lowest BCUT2D eigenvalue weighted by Crippen LogP contribution is -2.33. The lowest BCUT2D eigenvalue weighted by Gasteiger charge is -2.17. The highest BCUT2D eigenvalue weighted by molar-refractivity contribution is 5.90. The van der Waals surface area contributed by atoms with Gasteiger partial charge in [0.2, 0.25) is 0 Å². The number of carbonyl (C=O) groups is 2. The number of anilines is 1. The molecule has 7 heteroatoms. The van der Waals surface area contributed by atoms with Crippen molar-refractivity contribution in [3.05, 3.63) is 18.2 Å². The van der Waals surface area contributed by atoms with E-state index in [9.17, 15) is 9.59 Å². The van der Waals surface area contributed by atoms with Crippen molar-refractivity contribution in [2.24, 2.45) is 5.92 Å². The first-order valence-electron chi connectivity index (χ1n) is 6.56. The fourth-order valence-electron chi connectivity index (χ4n) is 2.26. The number of carboxylic acid groups (broad SMARTS) is 1. The van der Waals surface area contributed by atoms with Gasteiger partial charge in [-0.1, -0.05) is 0 Å². The first-order valence-corrected chi connectivity index (χ1v) is 6.56. The third kappa shape index (κ3) is 3.36. The lowest BCUT2D eigenvalue weighted by molar-refractivity contribution is -0.141. The maximum absolute atomic E-state index is 12.1. The molecule has 0 aromatic heterocycles. The second-order valence-electron chi connectivity index (χ2n) is 4.77. The van der Waals surface area contributed by atoms with Gasteiger partial charge in [0, 0.05) is 24.8 Å². The molecule has 2 rings (SSSR count). The third-order valence-corrected chi connectivity index (χ3v) is 3.46. The van der Waals surface area contributed by atoms with Crippen molar-refractivity contribution >= 4 is 17.7 Å². The summed E-state index contributed by atoms with van der Waals surface area (Å²) in [7, 11) is 3.05. The summed E-state index contributed by atoms with van der Waals surface area (Å²) in [6.45, 7) is 0.671. The number of rotatable bonds is 4. The monoisotopic (exact) mass is 294 g/mol. The van der Waals surface area contributed by atoms with E-state index in [4.69, 9.17) is 14.6 Å². The Morgan fingerprint density at radius 2 is 2.00 bits per heavy atom. The summed E-state index contributed by atoms with van der Waals surface area (Å²) >= 11 is 0. The number of benzene rings is 1. The quantitative estimate of drug-likeness (QED) is 0.881. The van der Waals surface area contributed by atoms with Gasteiger partial charge in [-0.15, -0.1) is 0 Å². The number of nitrogens with zero attached hydrogens (tertiary/aromatic N) is 1. The van der Waals surface area contributed by atoms with Crippen molar-refractivity contribution in [2.45, 2.75) is 6.42 Å². The first kappa shape index (κ1) is 15.0. The minimum Gasteiger partial charge on any atom is -0.493 e. The zero-order valence-corrected chi connectivity index (χ0v) is 12.0. The van der Waals surface area contributed by atoms with Crippen LogP contribution < -0.4 is 14.8 Å². The van der Waals surface area contributed by atoms with Gasteiger partial charge in [-0.05, 0) is 18.6 Å². The predicted molar refractivity (Wildman–Crippen MR) is 75.9 cm³/mol. The molecular formula is C14H18N2O5. The number of carboxylic acids is 1. The van der Waals surface area contributed by atoms with Gasteiger partial charge in [0.05, 0.1) is 20.1 Å². The number of hydrogen-bond acceptors (Lipinski definition) is 4. The Hall–Kier alpha value is -2.44. The number of amides is 2. The van der Waals surface area contributed by atoms with Crippen LogP contribution in [-0.2, 0) is 4.79 Å². The Balaban J connectivity index is 2.02. The second-order valence-corrected chi connectivity index (χ2v) is 4.77. The van der Waals surface area contributed by atoms with E-state index in [-0.39, 0.29) is 12.6 Å². The first-order chi connectivity index (χ1) is 10.0. The molecule has 1 aromatic rings. The predicted octanol–water partition coefficient (Wildman–Crippen LogP) is 1.64. The summed E-state index contributed by atoms with van der Waals surface area (Å²) in [5, 5.41) is 11.7. The van der Waals surface area contributed by atoms with E-state index in [2.05, 4.69) is 5.32 Å². The molecule has 1 aliphatic heterocycles. The summed E-state index contributed by atoms with van der Waals surface area (Å²) in [5.41, 5.74) is 0.566. The van der Waals surface area contributed by atoms with Crippen LogP contribution in [0.25, 0.3) is 0 Å². The summed E-state index contributed by atoms with van der Waals surface area (Å²) in [6, 6.07) is 4.73. The number of carbonyl (C=O) groups excluding carboxylic acids is 1. The highest BCUT2D eigenvalue weighted by Crippen LogP contribution is 2.30. The summed E-state index contributed by atoms with van der Waals surface area (Å²) in [6.07, 6.45) is 0.481. The van der Waals surface area contributed by atoms with Crippen molar-refractivity contribution in [3.63, 3.8) is 0 Å². The minimum atomic E-state index is -0.864. The number of nitrogens with one attached hydrogen (secondary N) is 1. The molecule has 1 atom stereocenters. The van der Waals surface area contributed by atoms with E-state index >= 15 is 0 Å². The van der Waals surface area contributed by atoms with E-state index in [0.717, 1.165) is 0 Å². The molecule has 0 bridgehead atoms. The molecule has 1 aromatic carbocycles. The second kappa shape index (κ2) is 6.34. The standard InChI is InChI=1S/C14H18N2O5/c1-20-11-4-3-10(7-12(11)21-2)15-14(19)16-6-5-9(8-16)13(17)18/h3-4,7,9H,5-6,8H2,1-2H3,(H,15,19)(H,17,18). The zero-order chi connectivity index (χ0) is 15.4. The van der Waals surface area contributed by atoms with Crippen molar-refractivity contribution < 1.29 is 24.2 Å². The largest absolute Gasteiger partial charge is 0.493 e. The molecule has 1 unspecified atom stereocenters. The van der Waals surface area contributed by atoms with E-state index in [1.165, 1.54) is 19.1 Å². The van der Waals surface area contributed by atoms with Crippen LogP contribution in [0.4, 0.5) is 10.5 Å². The van der Waals surface area contributed by atoms with E-state index in [1.54, 1.807) is 18.2 Å². The molecule has 1 aliphatic rings. The SMILES string of the molecule is COc1ccc(NC(=O)N2CCC(C(=O)O)C2)cc1OC. The smallest absolute Gasteiger partial charge is 0.321 e. The van der Waals surface area contributed by atoms with Crippen molar-refractivity contribution in [1.29, 1.82) is 0 Å². The number of aliphatic carboxylic acids is 1. The van der Waals surface area contributed by atoms with Crippen LogP contribution >= 0.6 is 0 Å². The van der Waals surface area contributed by atoms with Gasteiger partial charge in [-0.3, -0.25) is 4.79 Å². The molecule has 1 heterocycles. The zero-order valence-electron chi connectivity index (χ0n) is 12.0. The van der Waals surface area contributed by atoms with Gasteiger partial charge in [0.15, 0.2) is 11.5 Å². The van der Waals surface area contributed by atoms with Gasteiger partial charge in [0.1, 0.15) is 0 Å². The van der Waals surface area contributed by atoms with Gasteiger partial charge in [-0.25, -0.2) is 4.79 Å². The van der Waals surface area contributed by atoms with Crippen LogP contribution in [0.5, 0.6) is 11.5 Å². The summed E-state index contributed by atoms with van der Waals surface area (Å²) < 4.78 is 10.3. The maximum Gasteiger partial charge on any atom is 0.321 e. The number of methoxy groups -OCH3 is 2. The lowest BCUT2D eigenvalue weighted by atomic mass is 10.1. The summed E-state index contributed by atoms with van der Waals surface area (Å²) in [4.78, 5) is 24.5. The van der Waals surface area contributed by atoms with Crippen molar-refractivity contribution in [2.75, 3.05) is 32.6 Å². The molecule has 0 aliphatic carbocycles. The average Bonchev–Trinajstić information content (AvgIpc) is 2.97. The molecule has 2 amide bonds. The maximum atomic E-state index is 12.1. The van der Waals surface area contributed by atoms with Crippen LogP contribution in [0.3, 0.4) is 0 Å². The summed E-state index contributed by atoms with van der Waals surface area (Å²) in [5.74, 6) is -0.264. The van der Waals surface area contributed by atoms with Crippen LogP contribution in [0.2, 0.25) is 0 Å². The van der Waals surface area contributed by atoms with Gasteiger partial charge >= 0.3 is 12.0 Å². The molecule has 2 N–H and O–H groups in total. The Morgan fingerprint density at radius 3 is 2.57 bits per heavy atom. The Bertz CT molecular complexity index is 546. The van der Waals surface area contributed by atoms with Gasteiger partial charge < -0.3 is 24.8 Å². The molecule has 1 saturated heterocycles. The topological polar surface area (TPSA) is 88.1 Å². The molecular weight excluding hydrogens is 276 g/mol. The average molecular weight is 294 g/mol. The molecule has 0 saturated carbocycles. The molecule has 0 radical (unpaired) electrons. The van der Waals surface area contributed by atoms with Crippen LogP contribution in [0.15, 0.2) is 18.2 Å². The van der Waals surface area contributed by atoms with Gasteiger partial charge in [-0.2, -0.15) is 0 Å². The normalized spacial score (nSPS) is 17.4. The number of urea groups is 1. The number of hydrogen-bond donors (Lipinski definition) is 2. The van der Waals surface area contributed by atoms with Crippen LogP contribution in [0.1, 0.15) is 6.42 Å². The Labute approximate surface area is 122 Å². The Morgan fingerprint density at radius 1 is 1.29 bits per heavy atom. The highest BCUT2D eigenvalue weighted by atomic mass is 16.5. The fraction of sp³-hybridized carbons (Fsp3) is 0.429. The van der Waals surface area contributed by atoms with Crippen molar-refractivity contribution in [1.82, 2.24) is 4.90 Å².